The summed E-state index contributed by atoms with van der Waals surface area (Å²) in [6, 6.07) is 18.0. The zero-order valence-electron chi connectivity index (χ0n) is 19.6. The van der Waals surface area contributed by atoms with Crippen molar-refractivity contribution in [2.75, 3.05) is 38.1 Å². The molecule has 0 atom stereocenters. The fourth-order valence-corrected chi connectivity index (χ4v) is 4.69. The number of anilines is 1. The molecule has 2 aromatic rings. The predicted octanol–water partition coefficient (Wildman–Crippen LogP) is 4.42. The van der Waals surface area contributed by atoms with Gasteiger partial charge in [-0.05, 0) is 70.5 Å². The molecule has 0 spiro atoms. The van der Waals surface area contributed by atoms with E-state index in [4.69, 9.17) is 4.74 Å². The van der Waals surface area contributed by atoms with Crippen LogP contribution in [0.15, 0.2) is 64.4 Å². The third kappa shape index (κ3) is 8.84. The highest BCUT2D eigenvalue weighted by atomic mass is 32.2. The van der Waals surface area contributed by atoms with Gasteiger partial charge in [0.25, 0.3) is 0 Å². The van der Waals surface area contributed by atoms with Crippen molar-refractivity contribution in [1.29, 1.82) is 0 Å². The van der Waals surface area contributed by atoms with Crippen molar-refractivity contribution in [2.24, 2.45) is 5.92 Å². The number of rotatable bonds is 11. The molecule has 6 nitrogen and oxygen atoms in total. The number of likely N-dealkylation sites (tertiary alicyclic amines) is 1. The number of nitrogens with one attached hydrogen (secondary N) is 2. The summed E-state index contributed by atoms with van der Waals surface area (Å²) in [6.45, 7) is 7.17. The van der Waals surface area contributed by atoms with Gasteiger partial charge in [-0.1, -0.05) is 42.1 Å². The first-order valence-electron chi connectivity index (χ1n) is 11.7. The average Bonchev–Trinajstić information content (AvgIpc) is 2.81. The highest BCUT2D eigenvalue weighted by Crippen LogP contribution is 2.33. The number of carbonyl (C=O) groups excluding carboxylic acids is 2. The molecule has 2 aromatic carbocycles. The van der Waals surface area contributed by atoms with Gasteiger partial charge in [0.05, 0.1) is 18.3 Å². The van der Waals surface area contributed by atoms with Crippen LogP contribution >= 0.6 is 11.8 Å². The molecule has 1 aliphatic rings. The normalized spacial score (nSPS) is 14.9. The lowest BCUT2D eigenvalue weighted by Gasteiger charge is -2.30. The fourth-order valence-electron chi connectivity index (χ4n) is 3.77. The number of para-hydroxylation sites is 1. The summed E-state index contributed by atoms with van der Waals surface area (Å²) < 4.78 is 5.50. The van der Waals surface area contributed by atoms with E-state index in [1.807, 2.05) is 56.3 Å². The molecule has 1 fully saturated rings. The number of hydrogen-bond donors (Lipinski definition) is 2. The van der Waals surface area contributed by atoms with E-state index in [0.29, 0.717) is 19.7 Å². The van der Waals surface area contributed by atoms with Crippen LogP contribution in [0.2, 0.25) is 0 Å². The van der Waals surface area contributed by atoms with Crippen LogP contribution in [-0.2, 0) is 14.3 Å². The molecule has 0 aromatic heterocycles. The van der Waals surface area contributed by atoms with Crippen LogP contribution in [0.1, 0.15) is 33.1 Å². The number of ether oxygens (including phenoxy) is 1. The van der Waals surface area contributed by atoms with Gasteiger partial charge in [-0.25, -0.2) is 0 Å². The minimum absolute atomic E-state index is 0.0239. The zero-order chi connectivity index (χ0) is 23.5. The monoisotopic (exact) mass is 469 g/mol. The van der Waals surface area contributed by atoms with E-state index in [1.165, 1.54) is 0 Å². The Labute approximate surface area is 201 Å². The van der Waals surface area contributed by atoms with Crippen molar-refractivity contribution in [2.45, 2.75) is 49.0 Å². The molecule has 178 valence electrons. The topological polar surface area (TPSA) is 70.7 Å². The average molecular weight is 470 g/mol. The Morgan fingerprint density at radius 1 is 1.06 bits per heavy atom. The van der Waals surface area contributed by atoms with Crippen molar-refractivity contribution >= 4 is 29.3 Å². The van der Waals surface area contributed by atoms with Crippen LogP contribution in [0.5, 0.6) is 0 Å². The molecule has 2 amide bonds. The SMILES string of the molecule is CC(C)OCCCNC(=O)C1CCN(CC(=O)Nc2ccccc2Sc2ccccc2)CC1. The highest BCUT2D eigenvalue weighted by molar-refractivity contribution is 7.99. The Bertz CT molecular complexity index is 883. The Morgan fingerprint density at radius 2 is 1.76 bits per heavy atom. The lowest BCUT2D eigenvalue weighted by molar-refractivity contribution is -0.126. The minimum Gasteiger partial charge on any atom is -0.379 e. The Kier molecular flexibility index (Phi) is 10.2. The van der Waals surface area contributed by atoms with E-state index < -0.39 is 0 Å². The van der Waals surface area contributed by atoms with Crippen molar-refractivity contribution in [3.05, 3.63) is 54.6 Å². The summed E-state index contributed by atoms with van der Waals surface area (Å²) in [5, 5.41) is 6.09. The number of carbonyl (C=O) groups is 2. The van der Waals surface area contributed by atoms with Gasteiger partial charge in [-0.2, -0.15) is 0 Å². The zero-order valence-corrected chi connectivity index (χ0v) is 20.4. The Morgan fingerprint density at radius 3 is 2.48 bits per heavy atom. The van der Waals surface area contributed by atoms with Crippen LogP contribution in [0, 0.1) is 5.92 Å². The second-order valence-electron chi connectivity index (χ2n) is 8.57. The van der Waals surface area contributed by atoms with E-state index in [-0.39, 0.29) is 23.8 Å². The van der Waals surface area contributed by atoms with Gasteiger partial charge in [0.15, 0.2) is 0 Å². The lowest BCUT2D eigenvalue weighted by atomic mass is 9.96. The lowest BCUT2D eigenvalue weighted by Crippen LogP contribution is -2.43. The first kappa shape index (κ1) is 25.3. The third-order valence-electron chi connectivity index (χ3n) is 5.53. The summed E-state index contributed by atoms with van der Waals surface area (Å²) >= 11 is 1.64. The van der Waals surface area contributed by atoms with Gasteiger partial charge >= 0.3 is 0 Å². The van der Waals surface area contributed by atoms with Gasteiger partial charge in [0.1, 0.15) is 0 Å². The van der Waals surface area contributed by atoms with Crippen LogP contribution in [0.4, 0.5) is 5.69 Å². The minimum atomic E-state index is -0.0239. The smallest absolute Gasteiger partial charge is 0.238 e. The second-order valence-corrected chi connectivity index (χ2v) is 9.69. The quantitative estimate of drug-likeness (QED) is 0.477. The maximum Gasteiger partial charge on any atom is 0.238 e. The molecule has 1 saturated heterocycles. The molecule has 3 rings (SSSR count). The summed E-state index contributed by atoms with van der Waals surface area (Å²) in [4.78, 5) is 29.4. The number of piperidine rings is 1. The van der Waals surface area contributed by atoms with Crippen molar-refractivity contribution in [3.8, 4) is 0 Å². The largest absolute Gasteiger partial charge is 0.379 e. The molecule has 0 radical (unpaired) electrons. The van der Waals surface area contributed by atoms with Crippen molar-refractivity contribution in [1.82, 2.24) is 10.2 Å². The van der Waals surface area contributed by atoms with E-state index in [9.17, 15) is 9.59 Å². The molecule has 2 N–H and O–H groups in total. The summed E-state index contributed by atoms with van der Waals surface area (Å²) in [5.41, 5.74) is 0.826. The van der Waals surface area contributed by atoms with Gasteiger partial charge in [0.2, 0.25) is 11.8 Å². The standard InChI is InChI=1S/C26H35N3O3S/c1-20(2)32-18-8-15-27-26(31)21-13-16-29(17-14-21)19-25(30)28-23-11-6-7-12-24(23)33-22-9-4-3-5-10-22/h3-7,9-12,20-21H,8,13-19H2,1-2H3,(H,27,31)(H,28,30). The summed E-state index contributed by atoms with van der Waals surface area (Å²) in [6.07, 6.45) is 2.61. The van der Waals surface area contributed by atoms with E-state index in [0.717, 1.165) is 47.8 Å². The summed E-state index contributed by atoms with van der Waals surface area (Å²) in [7, 11) is 0. The Hall–Kier alpha value is -2.35. The molecule has 7 heteroatoms. The van der Waals surface area contributed by atoms with Crippen LogP contribution < -0.4 is 10.6 Å². The molecule has 33 heavy (non-hydrogen) atoms. The van der Waals surface area contributed by atoms with Crippen LogP contribution in [-0.4, -0.2) is 55.6 Å². The van der Waals surface area contributed by atoms with E-state index in [1.54, 1.807) is 11.8 Å². The van der Waals surface area contributed by atoms with Gasteiger partial charge < -0.3 is 15.4 Å². The van der Waals surface area contributed by atoms with Crippen LogP contribution in [0.3, 0.4) is 0 Å². The fraction of sp³-hybridized carbons (Fsp3) is 0.462. The molecule has 0 unspecified atom stereocenters. The first-order chi connectivity index (χ1) is 16.0. The number of nitrogens with zero attached hydrogens (tertiary/aromatic N) is 1. The third-order valence-corrected chi connectivity index (χ3v) is 6.61. The number of benzene rings is 2. The second kappa shape index (κ2) is 13.4. The van der Waals surface area contributed by atoms with Crippen molar-refractivity contribution < 1.29 is 14.3 Å². The van der Waals surface area contributed by atoms with Gasteiger partial charge in [-0.15, -0.1) is 0 Å². The van der Waals surface area contributed by atoms with Gasteiger partial charge in [0, 0.05) is 28.9 Å². The van der Waals surface area contributed by atoms with Crippen LogP contribution in [0.25, 0.3) is 0 Å². The maximum absolute atomic E-state index is 12.7. The molecular formula is C26H35N3O3S. The molecule has 0 aliphatic carbocycles. The number of amides is 2. The first-order valence-corrected chi connectivity index (χ1v) is 12.6. The maximum atomic E-state index is 12.7. The summed E-state index contributed by atoms with van der Waals surface area (Å²) in [5.74, 6) is 0.123. The van der Waals surface area contributed by atoms with E-state index >= 15 is 0 Å². The van der Waals surface area contributed by atoms with Gasteiger partial charge in [-0.3, -0.25) is 14.5 Å². The molecule has 0 saturated carbocycles. The molecule has 0 bridgehead atoms. The number of hydrogen-bond acceptors (Lipinski definition) is 5. The van der Waals surface area contributed by atoms with E-state index in [2.05, 4.69) is 27.7 Å². The Balaban J connectivity index is 1.40. The molecule has 1 aliphatic heterocycles. The molecule has 1 heterocycles. The van der Waals surface area contributed by atoms with Crippen molar-refractivity contribution in [3.63, 3.8) is 0 Å². The molecular weight excluding hydrogens is 434 g/mol. The highest BCUT2D eigenvalue weighted by Gasteiger charge is 2.25. The predicted molar refractivity (Wildman–Crippen MR) is 134 cm³/mol.